The monoisotopic (exact) mass is 499 g/mol. The number of carbonyl (C=O) groups excluding carboxylic acids is 2. The van der Waals surface area contributed by atoms with E-state index in [-0.39, 0.29) is 30.9 Å². The van der Waals surface area contributed by atoms with E-state index in [2.05, 4.69) is 5.32 Å². The molecule has 2 amide bonds. The first-order valence-corrected chi connectivity index (χ1v) is 14.0. The van der Waals surface area contributed by atoms with Gasteiger partial charge in [0.25, 0.3) is 5.91 Å². The second-order valence-electron chi connectivity index (χ2n) is 9.21. The van der Waals surface area contributed by atoms with E-state index in [9.17, 15) is 18.0 Å². The van der Waals surface area contributed by atoms with Crippen molar-refractivity contribution in [3.05, 3.63) is 60.2 Å². The molecule has 4 rings (SSSR count). The maximum atomic E-state index is 13.5. The van der Waals surface area contributed by atoms with E-state index in [1.54, 1.807) is 24.3 Å². The summed E-state index contributed by atoms with van der Waals surface area (Å²) in [7, 11) is -3.57. The van der Waals surface area contributed by atoms with Crippen LogP contribution in [-0.4, -0.2) is 62.6 Å². The smallest absolute Gasteiger partial charge is 0.262 e. The SMILES string of the molecule is CS(=O)(=O)N(CC(=O)N1CC(C(=O)NCCc2ccccc2)Oc2ccccc21)C1CCCCC1. The number of rotatable bonds is 8. The Bertz CT molecular complexity index is 1130. The summed E-state index contributed by atoms with van der Waals surface area (Å²) in [5, 5.41) is 2.90. The lowest BCUT2D eigenvalue weighted by atomic mass is 9.95. The zero-order chi connectivity index (χ0) is 24.8. The summed E-state index contributed by atoms with van der Waals surface area (Å²) in [4.78, 5) is 27.9. The van der Waals surface area contributed by atoms with Crippen molar-refractivity contribution in [3.63, 3.8) is 0 Å². The minimum absolute atomic E-state index is 0.0231. The zero-order valence-electron chi connectivity index (χ0n) is 20.1. The van der Waals surface area contributed by atoms with Crippen LogP contribution in [0.5, 0.6) is 5.75 Å². The van der Waals surface area contributed by atoms with E-state index < -0.39 is 16.1 Å². The number of ether oxygens (including phenoxy) is 1. The molecule has 8 nitrogen and oxygen atoms in total. The number of amides is 2. The number of para-hydroxylation sites is 2. The summed E-state index contributed by atoms with van der Waals surface area (Å²) in [6, 6.07) is 16.7. The molecule has 1 aliphatic carbocycles. The maximum absolute atomic E-state index is 13.5. The Kier molecular flexibility index (Phi) is 8.07. The molecular formula is C26H33N3O5S. The molecule has 0 aromatic heterocycles. The Morgan fingerprint density at radius 2 is 1.71 bits per heavy atom. The molecule has 188 valence electrons. The van der Waals surface area contributed by atoms with Crippen LogP contribution in [0.25, 0.3) is 0 Å². The van der Waals surface area contributed by atoms with Gasteiger partial charge in [0.05, 0.1) is 25.0 Å². The molecule has 1 heterocycles. The third-order valence-corrected chi connectivity index (χ3v) is 7.90. The highest BCUT2D eigenvalue weighted by molar-refractivity contribution is 7.88. The quantitative estimate of drug-likeness (QED) is 0.603. The Morgan fingerprint density at radius 1 is 1.03 bits per heavy atom. The van der Waals surface area contributed by atoms with Gasteiger partial charge < -0.3 is 15.0 Å². The van der Waals surface area contributed by atoms with Gasteiger partial charge in [0.1, 0.15) is 5.75 Å². The number of hydrogen-bond acceptors (Lipinski definition) is 5. The fourth-order valence-electron chi connectivity index (χ4n) is 4.80. The molecule has 1 aliphatic heterocycles. The van der Waals surface area contributed by atoms with Gasteiger partial charge in [-0.1, -0.05) is 61.7 Å². The molecule has 1 unspecified atom stereocenters. The molecule has 35 heavy (non-hydrogen) atoms. The zero-order valence-corrected chi connectivity index (χ0v) is 20.9. The summed E-state index contributed by atoms with van der Waals surface area (Å²) in [5.41, 5.74) is 1.66. The van der Waals surface area contributed by atoms with Gasteiger partial charge in [-0.05, 0) is 37.0 Å². The Labute approximate surface area is 207 Å². The molecule has 1 atom stereocenters. The first-order chi connectivity index (χ1) is 16.8. The Morgan fingerprint density at radius 3 is 2.43 bits per heavy atom. The lowest BCUT2D eigenvalue weighted by molar-refractivity contribution is -0.128. The van der Waals surface area contributed by atoms with Crippen molar-refractivity contribution in [2.45, 2.75) is 50.7 Å². The average molecular weight is 500 g/mol. The van der Waals surface area contributed by atoms with Crippen molar-refractivity contribution in [2.75, 3.05) is 30.8 Å². The van der Waals surface area contributed by atoms with Crippen LogP contribution < -0.4 is 15.0 Å². The highest BCUT2D eigenvalue weighted by atomic mass is 32.2. The Balaban J connectivity index is 1.46. The summed E-state index contributed by atoms with van der Waals surface area (Å²) in [6.45, 7) is 0.220. The van der Waals surface area contributed by atoms with Gasteiger partial charge in [-0.25, -0.2) is 8.42 Å². The highest BCUT2D eigenvalue weighted by Gasteiger charge is 2.37. The standard InChI is InChI=1S/C26H33N3O5S/c1-35(32,33)29(21-12-6-3-7-13-21)19-25(30)28-18-24(34-23-15-9-8-14-22(23)28)26(31)27-17-16-20-10-4-2-5-11-20/h2,4-5,8-11,14-15,21,24H,3,6-7,12-13,16-19H2,1H3,(H,27,31). The van der Waals surface area contributed by atoms with Crippen LogP contribution in [-0.2, 0) is 26.0 Å². The maximum Gasteiger partial charge on any atom is 0.262 e. The van der Waals surface area contributed by atoms with Crippen LogP contribution in [0.1, 0.15) is 37.7 Å². The molecule has 0 radical (unpaired) electrons. The number of fused-ring (bicyclic) bond motifs is 1. The summed E-state index contributed by atoms with van der Waals surface area (Å²) in [6.07, 6.45) is 5.46. The van der Waals surface area contributed by atoms with Crippen molar-refractivity contribution < 1.29 is 22.7 Å². The van der Waals surface area contributed by atoms with E-state index in [4.69, 9.17) is 4.74 Å². The molecule has 1 N–H and O–H groups in total. The molecule has 2 aliphatic rings. The van der Waals surface area contributed by atoms with E-state index >= 15 is 0 Å². The van der Waals surface area contributed by atoms with Gasteiger partial charge in [-0.3, -0.25) is 9.59 Å². The number of nitrogens with zero attached hydrogens (tertiary/aromatic N) is 2. The molecule has 2 aromatic carbocycles. The number of anilines is 1. The largest absolute Gasteiger partial charge is 0.477 e. The lowest BCUT2D eigenvalue weighted by Gasteiger charge is -2.37. The van der Waals surface area contributed by atoms with Crippen LogP contribution in [0.15, 0.2) is 54.6 Å². The molecule has 1 saturated carbocycles. The Hall–Kier alpha value is -2.91. The molecule has 0 spiro atoms. The molecule has 2 aromatic rings. The summed E-state index contributed by atoms with van der Waals surface area (Å²) >= 11 is 0. The molecule has 1 fully saturated rings. The normalized spacial score (nSPS) is 18.6. The first kappa shape index (κ1) is 25.2. The summed E-state index contributed by atoms with van der Waals surface area (Å²) in [5.74, 6) is -0.238. The summed E-state index contributed by atoms with van der Waals surface area (Å²) < 4.78 is 32.4. The van der Waals surface area contributed by atoms with Crippen LogP contribution in [0.4, 0.5) is 5.69 Å². The topological polar surface area (TPSA) is 96.0 Å². The van der Waals surface area contributed by atoms with Gasteiger partial charge >= 0.3 is 0 Å². The van der Waals surface area contributed by atoms with E-state index in [1.807, 2.05) is 30.3 Å². The van der Waals surface area contributed by atoms with Gasteiger partial charge in [-0.15, -0.1) is 0 Å². The van der Waals surface area contributed by atoms with Crippen LogP contribution >= 0.6 is 0 Å². The van der Waals surface area contributed by atoms with Crippen LogP contribution in [0.3, 0.4) is 0 Å². The van der Waals surface area contributed by atoms with E-state index in [0.29, 0.717) is 24.4 Å². The minimum atomic E-state index is -3.57. The number of sulfonamides is 1. The van der Waals surface area contributed by atoms with Crippen molar-refractivity contribution in [3.8, 4) is 5.75 Å². The first-order valence-electron chi connectivity index (χ1n) is 12.2. The minimum Gasteiger partial charge on any atom is -0.477 e. The average Bonchev–Trinajstić information content (AvgIpc) is 2.87. The lowest BCUT2D eigenvalue weighted by Crippen LogP contribution is -2.54. The molecular weight excluding hydrogens is 466 g/mol. The fraction of sp³-hybridized carbons (Fsp3) is 0.462. The third kappa shape index (κ3) is 6.41. The van der Waals surface area contributed by atoms with E-state index in [1.165, 1.54) is 9.21 Å². The number of hydrogen-bond donors (Lipinski definition) is 1. The van der Waals surface area contributed by atoms with Gasteiger partial charge in [0, 0.05) is 12.6 Å². The predicted octanol–water partition coefficient (Wildman–Crippen LogP) is 2.73. The molecule has 9 heteroatoms. The van der Waals surface area contributed by atoms with Crippen molar-refractivity contribution >= 4 is 27.5 Å². The molecule has 0 saturated heterocycles. The second-order valence-corrected chi connectivity index (χ2v) is 11.1. The van der Waals surface area contributed by atoms with Crippen molar-refractivity contribution in [1.82, 2.24) is 9.62 Å². The molecule has 0 bridgehead atoms. The highest BCUT2D eigenvalue weighted by Crippen LogP contribution is 2.34. The second kappa shape index (κ2) is 11.2. The van der Waals surface area contributed by atoms with Crippen molar-refractivity contribution in [1.29, 1.82) is 0 Å². The van der Waals surface area contributed by atoms with Gasteiger partial charge in [0.2, 0.25) is 15.9 Å². The van der Waals surface area contributed by atoms with Crippen molar-refractivity contribution in [2.24, 2.45) is 0 Å². The van der Waals surface area contributed by atoms with Gasteiger partial charge in [0.15, 0.2) is 6.10 Å². The number of benzene rings is 2. The number of carbonyl (C=O) groups is 2. The third-order valence-electron chi connectivity index (χ3n) is 6.62. The van der Waals surface area contributed by atoms with E-state index in [0.717, 1.165) is 43.9 Å². The fourth-order valence-corrected chi connectivity index (χ4v) is 5.90. The van der Waals surface area contributed by atoms with Crippen LogP contribution in [0.2, 0.25) is 0 Å². The predicted molar refractivity (Wildman–Crippen MR) is 135 cm³/mol. The number of nitrogens with one attached hydrogen (secondary N) is 1. The van der Waals surface area contributed by atoms with Gasteiger partial charge in [-0.2, -0.15) is 4.31 Å². The van der Waals surface area contributed by atoms with Crippen LogP contribution in [0, 0.1) is 0 Å².